The number of hydrogen-bond acceptors (Lipinski definition) is 6. The number of aryl methyl sites for hydroxylation is 3. The van der Waals surface area contributed by atoms with Gasteiger partial charge in [0.1, 0.15) is 34.8 Å². The average Bonchev–Trinajstić information content (AvgIpc) is 3.34. The molecule has 1 fully saturated rings. The van der Waals surface area contributed by atoms with E-state index in [1.807, 2.05) is 26.8 Å². The molecule has 1 aromatic heterocycles. The van der Waals surface area contributed by atoms with Crippen LogP contribution in [0, 0.1) is 20.8 Å². The highest BCUT2D eigenvalue weighted by Gasteiger charge is 2.48. The maximum atomic E-state index is 13.4. The Labute approximate surface area is 198 Å². The molecule has 1 amide bonds. The predicted molar refractivity (Wildman–Crippen MR) is 128 cm³/mol. The number of hydrogen-bond donors (Lipinski definition) is 1. The number of furan rings is 1. The number of methoxy groups -OCH3 is 1. The van der Waals surface area contributed by atoms with Crippen molar-refractivity contribution in [3.8, 4) is 11.5 Å². The molecule has 2 heterocycles. The fraction of sp³-hybridized carbons (Fsp3) is 0.259. The molecule has 0 bridgehead atoms. The van der Waals surface area contributed by atoms with E-state index in [1.54, 1.807) is 49.4 Å². The van der Waals surface area contributed by atoms with Gasteiger partial charge in [-0.15, -0.1) is 0 Å². The topological polar surface area (TPSA) is 89.2 Å². The molecule has 3 aromatic rings. The molecule has 1 atom stereocenters. The third kappa shape index (κ3) is 3.94. The van der Waals surface area contributed by atoms with Gasteiger partial charge < -0.3 is 19.0 Å². The van der Waals surface area contributed by atoms with Gasteiger partial charge in [-0.3, -0.25) is 14.5 Å². The van der Waals surface area contributed by atoms with Crippen LogP contribution in [0.25, 0.3) is 5.76 Å². The first-order valence-electron chi connectivity index (χ1n) is 11.0. The molecule has 0 saturated carbocycles. The van der Waals surface area contributed by atoms with Crippen LogP contribution in [0.4, 0.5) is 5.69 Å². The van der Waals surface area contributed by atoms with Crippen LogP contribution >= 0.6 is 0 Å². The second-order valence-electron chi connectivity index (χ2n) is 8.21. The van der Waals surface area contributed by atoms with Gasteiger partial charge in [-0.05, 0) is 69.2 Å². The van der Waals surface area contributed by atoms with Crippen molar-refractivity contribution in [3.05, 3.63) is 82.3 Å². The zero-order chi connectivity index (χ0) is 24.6. The summed E-state index contributed by atoms with van der Waals surface area (Å²) in [7, 11) is 1.50. The van der Waals surface area contributed by atoms with Crippen LogP contribution in [0.15, 0.2) is 58.5 Å². The molecule has 1 aliphatic heterocycles. The minimum Gasteiger partial charge on any atom is -0.507 e. The number of nitrogens with zero attached hydrogens (tertiary/aromatic N) is 1. The van der Waals surface area contributed by atoms with Gasteiger partial charge in [0.15, 0.2) is 0 Å². The van der Waals surface area contributed by atoms with Crippen LogP contribution < -0.4 is 14.4 Å². The molecule has 1 aliphatic rings. The van der Waals surface area contributed by atoms with Gasteiger partial charge in [0.2, 0.25) is 0 Å². The van der Waals surface area contributed by atoms with E-state index in [4.69, 9.17) is 13.9 Å². The molecule has 176 valence electrons. The van der Waals surface area contributed by atoms with Crippen LogP contribution in [0.5, 0.6) is 11.5 Å². The van der Waals surface area contributed by atoms with Crippen molar-refractivity contribution in [2.45, 2.75) is 33.7 Å². The maximum Gasteiger partial charge on any atom is 0.300 e. The normalized spacial score (nSPS) is 17.3. The third-order valence-electron chi connectivity index (χ3n) is 5.76. The van der Waals surface area contributed by atoms with Gasteiger partial charge in [0, 0.05) is 11.8 Å². The number of benzene rings is 2. The molecule has 1 unspecified atom stereocenters. The molecule has 7 nitrogen and oxygen atoms in total. The van der Waals surface area contributed by atoms with Crippen LogP contribution in [0.1, 0.15) is 41.2 Å². The van der Waals surface area contributed by atoms with Gasteiger partial charge in [0.25, 0.3) is 11.7 Å². The summed E-state index contributed by atoms with van der Waals surface area (Å²) in [5.41, 5.74) is 2.41. The molecule has 1 saturated heterocycles. The number of aliphatic hydroxyl groups excluding tert-OH is 1. The summed E-state index contributed by atoms with van der Waals surface area (Å²) in [6, 6.07) is 13.1. The number of aliphatic hydroxyl groups is 1. The first kappa shape index (κ1) is 23.2. The van der Waals surface area contributed by atoms with E-state index in [9.17, 15) is 14.7 Å². The monoisotopic (exact) mass is 461 g/mol. The van der Waals surface area contributed by atoms with Crippen molar-refractivity contribution >= 4 is 23.1 Å². The minimum atomic E-state index is -0.962. The van der Waals surface area contributed by atoms with Crippen LogP contribution in [0.2, 0.25) is 0 Å². The zero-order valence-electron chi connectivity index (χ0n) is 19.8. The van der Waals surface area contributed by atoms with E-state index in [0.717, 1.165) is 11.1 Å². The molecule has 0 spiro atoms. The lowest BCUT2D eigenvalue weighted by Gasteiger charge is -2.24. The molecule has 1 N–H and O–H groups in total. The van der Waals surface area contributed by atoms with Gasteiger partial charge in [-0.25, -0.2) is 0 Å². The van der Waals surface area contributed by atoms with E-state index >= 15 is 0 Å². The van der Waals surface area contributed by atoms with Crippen LogP contribution in [-0.4, -0.2) is 30.5 Å². The minimum absolute atomic E-state index is 0.0653. The van der Waals surface area contributed by atoms with Crippen molar-refractivity contribution in [3.63, 3.8) is 0 Å². The number of ether oxygens (including phenoxy) is 2. The highest BCUT2D eigenvalue weighted by Crippen LogP contribution is 2.44. The zero-order valence-corrected chi connectivity index (χ0v) is 19.8. The number of Topliss-reactive ketones (excluding diaryl/α,β-unsaturated/α-hetero) is 1. The van der Waals surface area contributed by atoms with Gasteiger partial charge in [-0.2, -0.15) is 0 Å². The molecule has 0 aliphatic carbocycles. The highest BCUT2D eigenvalue weighted by molar-refractivity contribution is 6.51. The lowest BCUT2D eigenvalue weighted by molar-refractivity contribution is -0.132. The van der Waals surface area contributed by atoms with E-state index in [0.29, 0.717) is 40.9 Å². The quantitative estimate of drug-likeness (QED) is 0.307. The molecular weight excluding hydrogens is 434 g/mol. The fourth-order valence-corrected chi connectivity index (χ4v) is 4.40. The van der Waals surface area contributed by atoms with Gasteiger partial charge >= 0.3 is 0 Å². The van der Waals surface area contributed by atoms with Crippen molar-refractivity contribution in [1.82, 2.24) is 0 Å². The Morgan fingerprint density at radius 3 is 2.50 bits per heavy atom. The summed E-state index contributed by atoms with van der Waals surface area (Å²) in [6.07, 6.45) is 0. The summed E-state index contributed by atoms with van der Waals surface area (Å²) >= 11 is 0. The number of anilines is 1. The largest absolute Gasteiger partial charge is 0.507 e. The smallest absolute Gasteiger partial charge is 0.300 e. The second-order valence-corrected chi connectivity index (χ2v) is 8.21. The van der Waals surface area contributed by atoms with E-state index in [1.165, 1.54) is 12.0 Å². The Morgan fingerprint density at radius 2 is 1.85 bits per heavy atom. The SMILES string of the molecule is CCOc1cccc(N2C(=O)C(=O)/C(=C(/O)c3cc(C)cc(C)c3OC)C2c2ccc(C)o2)c1. The highest BCUT2D eigenvalue weighted by atomic mass is 16.5. The summed E-state index contributed by atoms with van der Waals surface area (Å²) < 4.78 is 17.0. The van der Waals surface area contributed by atoms with Gasteiger partial charge in [0.05, 0.1) is 24.9 Å². The Hall–Kier alpha value is -4.00. The summed E-state index contributed by atoms with van der Waals surface area (Å²) in [5, 5.41) is 11.4. The van der Waals surface area contributed by atoms with Crippen molar-refractivity contribution in [1.29, 1.82) is 0 Å². The van der Waals surface area contributed by atoms with Gasteiger partial charge in [-0.1, -0.05) is 12.1 Å². The fourth-order valence-electron chi connectivity index (χ4n) is 4.40. The number of ketones is 1. The molecule has 2 aromatic carbocycles. The van der Waals surface area contributed by atoms with E-state index in [2.05, 4.69) is 0 Å². The summed E-state index contributed by atoms with van der Waals surface area (Å²) in [5.74, 6) is 0.0898. The lowest BCUT2D eigenvalue weighted by Crippen LogP contribution is -2.29. The molecule has 0 radical (unpaired) electrons. The first-order chi connectivity index (χ1) is 16.3. The van der Waals surface area contributed by atoms with Crippen LogP contribution in [-0.2, 0) is 9.59 Å². The Balaban J connectivity index is 1.97. The summed E-state index contributed by atoms with van der Waals surface area (Å²) in [4.78, 5) is 28.0. The third-order valence-corrected chi connectivity index (χ3v) is 5.76. The average molecular weight is 462 g/mol. The Kier molecular flexibility index (Phi) is 6.20. The van der Waals surface area contributed by atoms with E-state index in [-0.39, 0.29) is 11.3 Å². The summed E-state index contributed by atoms with van der Waals surface area (Å²) in [6.45, 7) is 7.83. The molecule has 7 heteroatoms. The number of rotatable bonds is 6. The predicted octanol–water partition coefficient (Wildman–Crippen LogP) is 5.24. The van der Waals surface area contributed by atoms with Crippen molar-refractivity contribution in [2.24, 2.45) is 0 Å². The number of carbonyl (C=O) groups is 2. The molecule has 4 rings (SSSR count). The van der Waals surface area contributed by atoms with Crippen molar-refractivity contribution < 1.29 is 28.6 Å². The Bertz CT molecular complexity index is 1300. The lowest BCUT2D eigenvalue weighted by atomic mass is 9.96. The van der Waals surface area contributed by atoms with E-state index < -0.39 is 17.7 Å². The first-order valence-corrected chi connectivity index (χ1v) is 11.0. The second kappa shape index (κ2) is 9.09. The molecule has 34 heavy (non-hydrogen) atoms. The maximum absolute atomic E-state index is 13.4. The molecular formula is C27H27NO6. The van der Waals surface area contributed by atoms with Crippen molar-refractivity contribution in [2.75, 3.05) is 18.6 Å². The number of amides is 1. The number of carbonyl (C=O) groups excluding carboxylic acids is 2. The standard InChI is InChI=1S/C27H27NO6/c1-6-33-19-9-7-8-18(14-19)28-23(21-11-10-17(4)34-21)22(25(30)27(28)31)24(29)20-13-15(2)12-16(3)26(20)32-5/h7-14,23,29H,6H2,1-5H3/b24-22+. The van der Waals surface area contributed by atoms with Crippen LogP contribution in [0.3, 0.4) is 0 Å². The Morgan fingerprint density at radius 1 is 1.09 bits per heavy atom.